The zero-order chi connectivity index (χ0) is 16.9. The molecule has 0 bridgehead atoms. The molecule has 2 heterocycles. The molecule has 2 aliphatic rings. The number of piperidine rings is 1. The highest BCUT2D eigenvalue weighted by atomic mass is 19.2. The minimum atomic E-state index is -0.785. The number of ether oxygens (including phenoxy) is 1. The van der Waals surface area contributed by atoms with Gasteiger partial charge in [-0.25, -0.2) is 8.78 Å². The molecule has 1 N–H and O–H groups in total. The summed E-state index contributed by atoms with van der Waals surface area (Å²) < 4.78 is 31.8. The van der Waals surface area contributed by atoms with Gasteiger partial charge in [0, 0.05) is 56.6 Å². The fourth-order valence-corrected chi connectivity index (χ4v) is 3.61. The molecule has 2 saturated heterocycles. The summed E-state index contributed by atoms with van der Waals surface area (Å²) in [7, 11) is 0. The second kappa shape index (κ2) is 8.23. The van der Waals surface area contributed by atoms with Gasteiger partial charge in [-0.15, -0.1) is 0 Å². The molecule has 2 fully saturated rings. The fraction of sp³-hybridized carbons (Fsp3) is 0.667. The van der Waals surface area contributed by atoms with Crippen LogP contribution in [0.5, 0.6) is 0 Å². The van der Waals surface area contributed by atoms with E-state index in [-0.39, 0.29) is 0 Å². The van der Waals surface area contributed by atoms with Crippen molar-refractivity contribution in [1.82, 2.24) is 10.2 Å². The number of morpholine rings is 1. The van der Waals surface area contributed by atoms with E-state index in [1.165, 1.54) is 12.1 Å². The number of nitrogens with zero attached hydrogens (tertiary/aromatic N) is 2. The van der Waals surface area contributed by atoms with Crippen LogP contribution in [-0.4, -0.2) is 62.9 Å². The van der Waals surface area contributed by atoms with Crippen molar-refractivity contribution in [1.29, 1.82) is 0 Å². The highest BCUT2D eigenvalue weighted by Crippen LogP contribution is 2.22. The Morgan fingerprint density at radius 3 is 2.50 bits per heavy atom. The highest BCUT2D eigenvalue weighted by Gasteiger charge is 2.22. The monoisotopic (exact) mass is 339 g/mol. The topological polar surface area (TPSA) is 27.7 Å². The number of anilines is 1. The summed E-state index contributed by atoms with van der Waals surface area (Å²) in [5.74, 6) is -1.56. The minimum absolute atomic E-state index is 0.447. The van der Waals surface area contributed by atoms with Crippen LogP contribution in [0.2, 0.25) is 0 Å². The molecule has 0 saturated carbocycles. The van der Waals surface area contributed by atoms with E-state index in [1.54, 1.807) is 6.07 Å². The van der Waals surface area contributed by atoms with Crippen molar-refractivity contribution in [2.45, 2.75) is 31.8 Å². The van der Waals surface area contributed by atoms with Gasteiger partial charge in [0.1, 0.15) is 0 Å². The number of rotatable bonds is 5. The van der Waals surface area contributed by atoms with Crippen molar-refractivity contribution >= 4 is 5.69 Å². The summed E-state index contributed by atoms with van der Waals surface area (Å²) in [6, 6.07) is 5.10. The van der Waals surface area contributed by atoms with E-state index in [0.29, 0.717) is 12.1 Å². The summed E-state index contributed by atoms with van der Waals surface area (Å²) in [6.07, 6.45) is 2.04. The summed E-state index contributed by atoms with van der Waals surface area (Å²) in [4.78, 5) is 4.57. The zero-order valence-corrected chi connectivity index (χ0v) is 14.3. The van der Waals surface area contributed by atoms with E-state index in [9.17, 15) is 8.78 Å². The summed E-state index contributed by atoms with van der Waals surface area (Å²) in [6.45, 7) is 8.71. The molecule has 1 atom stereocenters. The third-order valence-electron chi connectivity index (χ3n) is 4.92. The van der Waals surface area contributed by atoms with E-state index < -0.39 is 11.6 Å². The summed E-state index contributed by atoms with van der Waals surface area (Å²) in [5.41, 5.74) is 0.772. The lowest BCUT2D eigenvalue weighted by Gasteiger charge is -2.36. The van der Waals surface area contributed by atoms with Crippen LogP contribution in [0, 0.1) is 11.6 Å². The van der Waals surface area contributed by atoms with Crippen LogP contribution in [0.1, 0.15) is 19.8 Å². The molecule has 3 rings (SSSR count). The first-order valence-electron chi connectivity index (χ1n) is 8.88. The Kier molecular flexibility index (Phi) is 6.03. The molecule has 0 amide bonds. The molecule has 1 aromatic rings. The molecule has 24 heavy (non-hydrogen) atoms. The first kappa shape index (κ1) is 17.6. The Bertz CT molecular complexity index is 529. The Balaban J connectivity index is 1.43. The number of nitrogens with one attached hydrogen (secondary N) is 1. The molecule has 0 aromatic heterocycles. The lowest BCUT2D eigenvalue weighted by atomic mass is 10.0. The molecular formula is C18H27F2N3O. The van der Waals surface area contributed by atoms with E-state index in [2.05, 4.69) is 22.0 Å². The lowest BCUT2D eigenvalue weighted by Crippen LogP contribution is -2.50. The zero-order valence-electron chi connectivity index (χ0n) is 14.3. The Morgan fingerprint density at radius 2 is 1.83 bits per heavy atom. The van der Waals surface area contributed by atoms with Gasteiger partial charge in [-0.3, -0.25) is 4.90 Å². The number of halogens is 2. The third-order valence-corrected chi connectivity index (χ3v) is 4.92. The molecule has 2 aliphatic heterocycles. The van der Waals surface area contributed by atoms with Crippen LogP contribution in [0.25, 0.3) is 0 Å². The van der Waals surface area contributed by atoms with Crippen LogP contribution in [0.3, 0.4) is 0 Å². The first-order valence-corrected chi connectivity index (χ1v) is 8.88. The van der Waals surface area contributed by atoms with Gasteiger partial charge in [-0.2, -0.15) is 0 Å². The van der Waals surface area contributed by atoms with Crippen molar-refractivity contribution < 1.29 is 13.5 Å². The molecule has 0 spiro atoms. The Hall–Kier alpha value is -1.24. The lowest BCUT2D eigenvalue weighted by molar-refractivity contribution is 0.0337. The van der Waals surface area contributed by atoms with Crippen molar-refractivity contribution in [2.75, 3.05) is 50.8 Å². The second-order valence-electron chi connectivity index (χ2n) is 6.84. The predicted molar refractivity (Wildman–Crippen MR) is 91.4 cm³/mol. The molecule has 1 unspecified atom stereocenters. The standard InChI is InChI=1S/C18H27F2N3O/c1-14(13-22-8-10-24-11-9-22)21-15-4-6-23(7-5-15)16-2-3-17(19)18(20)12-16/h2-3,12,14-15,21H,4-11,13H2,1H3. The predicted octanol–water partition coefficient (Wildman–Crippen LogP) is 2.24. The van der Waals surface area contributed by atoms with Gasteiger partial charge in [0.05, 0.1) is 13.2 Å². The Morgan fingerprint density at radius 1 is 1.12 bits per heavy atom. The van der Waals surface area contributed by atoms with E-state index >= 15 is 0 Å². The van der Waals surface area contributed by atoms with Gasteiger partial charge in [0.25, 0.3) is 0 Å². The molecule has 0 radical (unpaired) electrons. The van der Waals surface area contributed by atoms with Gasteiger partial charge in [-0.05, 0) is 31.9 Å². The SMILES string of the molecule is CC(CN1CCOCC1)NC1CCN(c2ccc(F)c(F)c2)CC1. The van der Waals surface area contributed by atoms with Crippen LogP contribution < -0.4 is 10.2 Å². The maximum Gasteiger partial charge on any atom is 0.160 e. The average Bonchev–Trinajstić information content (AvgIpc) is 2.59. The van der Waals surface area contributed by atoms with Gasteiger partial charge < -0.3 is 15.0 Å². The number of benzene rings is 1. The van der Waals surface area contributed by atoms with Crippen molar-refractivity contribution in [2.24, 2.45) is 0 Å². The van der Waals surface area contributed by atoms with Gasteiger partial charge in [-0.1, -0.05) is 0 Å². The maximum absolute atomic E-state index is 13.4. The van der Waals surface area contributed by atoms with E-state index in [4.69, 9.17) is 4.74 Å². The second-order valence-corrected chi connectivity index (χ2v) is 6.84. The molecule has 1 aromatic carbocycles. The highest BCUT2D eigenvalue weighted by molar-refractivity contribution is 5.47. The third kappa shape index (κ3) is 4.65. The molecule has 0 aliphatic carbocycles. The van der Waals surface area contributed by atoms with Crippen LogP contribution >= 0.6 is 0 Å². The average molecular weight is 339 g/mol. The van der Waals surface area contributed by atoms with Crippen LogP contribution in [-0.2, 0) is 4.74 Å². The molecule has 6 heteroatoms. The van der Waals surface area contributed by atoms with Crippen molar-refractivity contribution in [3.05, 3.63) is 29.8 Å². The summed E-state index contributed by atoms with van der Waals surface area (Å²) in [5, 5.41) is 3.72. The van der Waals surface area contributed by atoms with Gasteiger partial charge >= 0.3 is 0 Å². The van der Waals surface area contributed by atoms with E-state index in [1.807, 2.05) is 0 Å². The summed E-state index contributed by atoms with van der Waals surface area (Å²) >= 11 is 0. The fourth-order valence-electron chi connectivity index (χ4n) is 3.61. The first-order chi connectivity index (χ1) is 11.6. The van der Waals surface area contributed by atoms with Crippen molar-refractivity contribution in [3.8, 4) is 0 Å². The van der Waals surface area contributed by atoms with Crippen molar-refractivity contribution in [3.63, 3.8) is 0 Å². The van der Waals surface area contributed by atoms with Gasteiger partial charge in [0.2, 0.25) is 0 Å². The molecule has 4 nitrogen and oxygen atoms in total. The van der Waals surface area contributed by atoms with E-state index in [0.717, 1.165) is 64.5 Å². The largest absolute Gasteiger partial charge is 0.379 e. The normalized spacial score (nSPS) is 21.9. The smallest absolute Gasteiger partial charge is 0.160 e. The molecular weight excluding hydrogens is 312 g/mol. The minimum Gasteiger partial charge on any atom is -0.379 e. The number of hydrogen-bond donors (Lipinski definition) is 1. The number of hydrogen-bond acceptors (Lipinski definition) is 4. The quantitative estimate of drug-likeness (QED) is 0.890. The molecule has 134 valence electrons. The maximum atomic E-state index is 13.4. The van der Waals surface area contributed by atoms with Crippen LogP contribution in [0.15, 0.2) is 18.2 Å². The van der Waals surface area contributed by atoms with Gasteiger partial charge in [0.15, 0.2) is 11.6 Å². The van der Waals surface area contributed by atoms with Crippen LogP contribution in [0.4, 0.5) is 14.5 Å². The Labute approximate surface area is 142 Å².